The van der Waals surface area contributed by atoms with E-state index in [0.29, 0.717) is 0 Å². The van der Waals surface area contributed by atoms with Gasteiger partial charge in [-0.1, -0.05) is 6.92 Å². The second-order valence-electron chi connectivity index (χ2n) is 5.55. The summed E-state index contributed by atoms with van der Waals surface area (Å²) >= 11 is 0. The maximum atomic E-state index is 6.25. The van der Waals surface area contributed by atoms with Crippen LogP contribution in [0, 0.1) is 17.8 Å². The van der Waals surface area contributed by atoms with E-state index in [1.165, 1.54) is 32.1 Å². The molecule has 0 radical (unpaired) electrons. The maximum Gasteiger partial charge on any atom is 0.0126 e. The van der Waals surface area contributed by atoms with Crippen molar-refractivity contribution in [2.75, 3.05) is 0 Å². The van der Waals surface area contributed by atoms with Gasteiger partial charge < -0.3 is 5.73 Å². The van der Waals surface area contributed by atoms with Crippen molar-refractivity contribution in [1.82, 2.24) is 0 Å². The summed E-state index contributed by atoms with van der Waals surface area (Å²) in [6.45, 7) is 4.45. The van der Waals surface area contributed by atoms with Gasteiger partial charge in [0.15, 0.2) is 0 Å². The fourth-order valence-corrected chi connectivity index (χ4v) is 2.45. The van der Waals surface area contributed by atoms with Gasteiger partial charge >= 0.3 is 0 Å². The largest absolute Gasteiger partial charge is 0.325 e. The van der Waals surface area contributed by atoms with Crippen LogP contribution in [-0.4, -0.2) is 5.54 Å². The van der Waals surface area contributed by atoms with E-state index in [2.05, 4.69) is 13.8 Å². The first-order chi connectivity index (χ1) is 6.12. The second-order valence-corrected chi connectivity index (χ2v) is 5.55. The fourth-order valence-electron chi connectivity index (χ4n) is 2.45. The van der Waals surface area contributed by atoms with Crippen molar-refractivity contribution >= 4 is 0 Å². The van der Waals surface area contributed by atoms with Crippen LogP contribution < -0.4 is 5.73 Å². The van der Waals surface area contributed by atoms with Crippen molar-refractivity contribution in [2.24, 2.45) is 23.5 Å². The van der Waals surface area contributed by atoms with Crippen LogP contribution in [0.2, 0.25) is 0 Å². The van der Waals surface area contributed by atoms with E-state index in [9.17, 15) is 0 Å². The Hall–Kier alpha value is -0.0400. The predicted molar refractivity (Wildman–Crippen MR) is 56.4 cm³/mol. The van der Waals surface area contributed by atoms with E-state index in [4.69, 9.17) is 5.73 Å². The van der Waals surface area contributed by atoms with Crippen LogP contribution in [0.25, 0.3) is 0 Å². The van der Waals surface area contributed by atoms with E-state index in [1.54, 1.807) is 0 Å². The lowest BCUT2D eigenvalue weighted by Crippen LogP contribution is -2.38. The molecular formula is C12H23N. The van der Waals surface area contributed by atoms with E-state index in [-0.39, 0.29) is 5.54 Å². The lowest BCUT2D eigenvalue weighted by atomic mass is 9.82. The maximum absolute atomic E-state index is 6.25. The minimum atomic E-state index is 0.107. The molecule has 76 valence electrons. The second kappa shape index (κ2) is 3.27. The first kappa shape index (κ1) is 9.51. The highest BCUT2D eigenvalue weighted by atomic mass is 14.7. The lowest BCUT2D eigenvalue weighted by molar-refractivity contribution is 0.276. The molecule has 0 heterocycles. The third-order valence-electron chi connectivity index (χ3n) is 3.96. The van der Waals surface area contributed by atoms with Crippen molar-refractivity contribution in [1.29, 1.82) is 0 Å². The Bertz CT molecular complexity index is 166. The molecule has 0 aromatic rings. The first-order valence-electron chi connectivity index (χ1n) is 5.91. The monoisotopic (exact) mass is 181 g/mol. The zero-order valence-corrected chi connectivity index (χ0v) is 9.05. The number of hydrogen-bond acceptors (Lipinski definition) is 1. The van der Waals surface area contributed by atoms with E-state index in [0.717, 1.165) is 24.2 Å². The molecule has 0 aromatic carbocycles. The molecule has 2 fully saturated rings. The highest BCUT2D eigenvalue weighted by Crippen LogP contribution is 2.51. The standard InChI is InChI=1S/C12H23N/c1-3-12(2,13)8-11(9-4-5-9)10-6-7-10/h9-11H,3-8,13H2,1-2H3. The Morgan fingerprint density at radius 3 is 2.00 bits per heavy atom. The molecule has 0 aromatic heterocycles. The Kier molecular flexibility index (Phi) is 2.39. The van der Waals surface area contributed by atoms with Crippen LogP contribution in [0.15, 0.2) is 0 Å². The number of hydrogen-bond donors (Lipinski definition) is 1. The summed E-state index contributed by atoms with van der Waals surface area (Å²) in [4.78, 5) is 0. The molecule has 0 bridgehead atoms. The van der Waals surface area contributed by atoms with Crippen LogP contribution in [-0.2, 0) is 0 Å². The molecule has 2 saturated carbocycles. The molecule has 2 rings (SSSR count). The quantitative estimate of drug-likeness (QED) is 0.693. The zero-order chi connectivity index (χ0) is 9.47. The molecule has 2 aliphatic carbocycles. The summed E-state index contributed by atoms with van der Waals surface area (Å²) in [5.41, 5.74) is 6.36. The van der Waals surface area contributed by atoms with Crippen molar-refractivity contribution in [2.45, 2.75) is 57.9 Å². The van der Waals surface area contributed by atoms with Gasteiger partial charge in [-0.05, 0) is 63.2 Å². The van der Waals surface area contributed by atoms with Crippen LogP contribution in [0.4, 0.5) is 0 Å². The van der Waals surface area contributed by atoms with Gasteiger partial charge in [-0.3, -0.25) is 0 Å². The minimum Gasteiger partial charge on any atom is -0.325 e. The average molecular weight is 181 g/mol. The summed E-state index contributed by atoms with van der Waals surface area (Å²) in [5, 5.41) is 0. The first-order valence-corrected chi connectivity index (χ1v) is 5.91. The molecule has 0 amide bonds. The van der Waals surface area contributed by atoms with Crippen molar-refractivity contribution in [3.63, 3.8) is 0 Å². The third kappa shape index (κ3) is 2.46. The minimum absolute atomic E-state index is 0.107. The summed E-state index contributed by atoms with van der Waals surface area (Å²) in [7, 11) is 0. The molecule has 1 heteroatoms. The van der Waals surface area contributed by atoms with Crippen LogP contribution in [0.5, 0.6) is 0 Å². The summed E-state index contributed by atoms with van der Waals surface area (Å²) in [5.74, 6) is 3.10. The highest BCUT2D eigenvalue weighted by molar-refractivity contribution is 4.95. The van der Waals surface area contributed by atoms with Crippen molar-refractivity contribution in [3.05, 3.63) is 0 Å². The molecule has 13 heavy (non-hydrogen) atoms. The van der Waals surface area contributed by atoms with Crippen LogP contribution in [0.3, 0.4) is 0 Å². The molecule has 0 aliphatic heterocycles. The van der Waals surface area contributed by atoms with Crippen molar-refractivity contribution < 1.29 is 0 Å². The van der Waals surface area contributed by atoms with Crippen molar-refractivity contribution in [3.8, 4) is 0 Å². The molecule has 1 atom stereocenters. The summed E-state index contributed by atoms with van der Waals surface area (Å²) in [6.07, 6.45) is 8.35. The molecule has 0 spiro atoms. The predicted octanol–water partition coefficient (Wildman–Crippen LogP) is 2.94. The highest BCUT2D eigenvalue weighted by Gasteiger charge is 2.43. The smallest absolute Gasteiger partial charge is 0.0126 e. The van der Waals surface area contributed by atoms with Gasteiger partial charge in [0.2, 0.25) is 0 Å². The topological polar surface area (TPSA) is 26.0 Å². The molecular weight excluding hydrogens is 158 g/mol. The molecule has 2 N–H and O–H groups in total. The molecule has 1 nitrogen and oxygen atoms in total. The Balaban J connectivity index is 1.88. The molecule has 1 unspecified atom stereocenters. The normalized spacial score (nSPS) is 27.7. The average Bonchev–Trinajstić information content (AvgIpc) is 2.91. The van der Waals surface area contributed by atoms with E-state index in [1.807, 2.05) is 0 Å². The van der Waals surface area contributed by atoms with Crippen LogP contribution >= 0.6 is 0 Å². The zero-order valence-electron chi connectivity index (χ0n) is 9.05. The lowest BCUT2D eigenvalue weighted by Gasteiger charge is -2.28. The fraction of sp³-hybridized carbons (Fsp3) is 1.00. The van der Waals surface area contributed by atoms with Gasteiger partial charge in [0.1, 0.15) is 0 Å². The number of rotatable bonds is 5. The Labute approximate surface area is 82.1 Å². The van der Waals surface area contributed by atoms with E-state index >= 15 is 0 Å². The van der Waals surface area contributed by atoms with Gasteiger partial charge in [-0.2, -0.15) is 0 Å². The SMILES string of the molecule is CCC(C)(N)CC(C1CC1)C1CC1. The molecule has 2 aliphatic rings. The van der Waals surface area contributed by atoms with Gasteiger partial charge in [-0.15, -0.1) is 0 Å². The Morgan fingerprint density at radius 1 is 1.23 bits per heavy atom. The van der Waals surface area contributed by atoms with E-state index < -0.39 is 0 Å². The third-order valence-corrected chi connectivity index (χ3v) is 3.96. The summed E-state index contributed by atoms with van der Waals surface area (Å²) < 4.78 is 0. The van der Waals surface area contributed by atoms with Gasteiger partial charge in [0.25, 0.3) is 0 Å². The van der Waals surface area contributed by atoms with Crippen LogP contribution in [0.1, 0.15) is 52.4 Å². The van der Waals surface area contributed by atoms with Gasteiger partial charge in [0.05, 0.1) is 0 Å². The number of nitrogens with two attached hydrogens (primary N) is 1. The summed E-state index contributed by atoms with van der Waals surface area (Å²) in [6, 6.07) is 0. The van der Waals surface area contributed by atoms with Gasteiger partial charge in [0, 0.05) is 5.54 Å². The Morgan fingerprint density at radius 2 is 1.69 bits per heavy atom. The van der Waals surface area contributed by atoms with Gasteiger partial charge in [-0.25, -0.2) is 0 Å². The molecule has 0 saturated heterocycles.